The van der Waals surface area contributed by atoms with Gasteiger partial charge < -0.3 is 5.32 Å². The topological polar surface area (TPSA) is 89.3 Å². The number of benzene rings is 1. The number of anilines is 1. The van der Waals surface area contributed by atoms with E-state index in [1.165, 1.54) is 12.1 Å². The lowest BCUT2D eigenvalue weighted by Gasteiger charge is -2.15. The van der Waals surface area contributed by atoms with Gasteiger partial charge in [0, 0.05) is 5.92 Å². The second-order valence-corrected chi connectivity index (χ2v) is 6.75. The van der Waals surface area contributed by atoms with Gasteiger partial charge in [0.2, 0.25) is 15.9 Å². The summed E-state index contributed by atoms with van der Waals surface area (Å²) in [7, 11) is -3.95. The molecular weight excluding hydrogens is 283 g/mol. The zero-order valence-electron chi connectivity index (χ0n) is 11.1. The standard InChI is InChI=1S/C13H17FN2O3S/c1-8-3-2-4-10(8)13(17)16-12-6-5-9(7-11(12)14)20(15,18)19/h5-8,10H,2-4H2,1H3,(H,16,17)(H2,15,18,19). The number of nitrogens with two attached hydrogens (primary N) is 1. The van der Waals surface area contributed by atoms with Crippen molar-refractivity contribution in [3.05, 3.63) is 24.0 Å². The van der Waals surface area contributed by atoms with Crippen molar-refractivity contribution < 1.29 is 17.6 Å². The van der Waals surface area contributed by atoms with Crippen molar-refractivity contribution in [2.45, 2.75) is 31.1 Å². The van der Waals surface area contributed by atoms with Crippen molar-refractivity contribution in [3.63, 3.8) is 0 Å². The minimum Gasteiger partial charge on any atom is -0.323 e. The quantitative estimate of drug-likeness (QED) is 0.892. The molecule has 2 atom stereocenters. The van der Waals surface area contributed by atoms with Gasteiger partial charge in [0.15, 0.2) is 0 Å². The summed E-state index contributed by atoms with van der Waals surface area (Å²) in [6.45, 7) is 2.00. The van der Waals surface area contributed by atoms with Crippen molar-refractivity contribution >= 4 is 21.6 Å². The minimum atomic E-state index is -3.95. The van der Waals surface area contributed by atoms with Gasteiger partial charge in [0.25, 0.3) is 0 Å². The van der Waals surface area contributed by atoms with Gasteiger partial charge in [-0.3, -0.25) is 4.79 Å². The van der Waals surface area contributed by atoms with Crippen LogP contribution in [0.3, 0.4) is 0 Å². The van der Waals surface area contributed by atoms with Crippen molar-refractivity contribution in [3.8, 4) is 0 Å². The molecule has 1 saturated carbocycles. The van der Waals surface area contributed by atoms with Crippen molar-refractivity contribution in [1.29, 1.82) is 0 Å². The molecule has 2 rings (SSSR count). The number of hydrogen-bond acceptors (Lipinski definition) is 3. The first-order valence-electron chi connectivity index (χ1n) is 6.42. The van der Waals surface area contributed by atoms with Crippen LogP contribution < -0.4 is 10.5 Å². The van der Waals surface area contributed by atoms with E-state index in [9.17, 15) is 17.6 Å². The summed E-state index contributed by atoms with van der Waals surface area (Å²) < 4.78 is 36.0. The van der Waals surface area contributed by atoms with Gasteiger partial charge in [-0.15, -0.1) is 0 Å². The van der Waals surface area contributed by atoms with Gasteiger partial charge in [-0.05, 0) is 37.0 Å². The number of halogens is 1. The Bertz CT molecular complexity index is 631. The van der Waals surface area contributed by atoms with Gasteiger partial charge in [-0.25, -0.2) is 17.9 Å². The SMILES string of the molecule is CC1CCCC1C(=O)Nc1ccc(S(N)(=O)=O)cc1F. The molecule has 7 heteroatoms. The fourth-order valence-corrected chi connectivity index (χ4v) is 3.06. The number of nitrogens with one attached hydrogen (secondary N) is 1. The first kappa shape index (κ1) is 14.9. The fraction of sp³-hybridized carbons (Fsp3) is 0.462. The molecule has 1 aliphatic carbocycles. The second kappa shape index (κ2) is 5.49. The van der Waals surface area contributed by atoms with E-state index in [1.54, 1.807) is 0 Å². The molecular formula is C13H17FN2O3S. The molecule has 5 nitrogen and oxygen atoms in total. The van der Waals surface area contributed by atoms with Crippen molar-refractivity contribution in [2.75, 3.05) is 5.32 Å². The highest BCUT2D eigenvalue weighted by molar-refractivity contribution is 7.89. The van der Waals surface area contributed by atoms with Crippen molar-refractivity contribution in [2.24, 2.45) is 17.0 Å². The van der Waals surface area contributed by atoms with E-state index in [1.807, 2.05) is 6.92 Å². The Morgan fingerprint density at radius 2 is 2.10 bits per heavy atom. The van der Waals surface area contributed by atoms with Crippen LogP contribution in [0.1, 0.15) is 26.2 Å². The molecule has 1 aliphatic rings. The van der Waals surface area contributed by atoms with Crippen LogP contribution in [0.15, 0.2) is 23.1 Å². The molecule has 1 aromatic carbocycles. The minimum absolute atomic E-state index is 0.0264. The number of sulfonamides is 1. The van der Waals surface area contributed by atoms with Gasteiger partial charge in [0.05, 0.1) is 10.6 Å². The zero-order chi connectivity index (χ0) is 14.9. The summed E-state index contributed by atoms with van der Waals surface area (Å²) in [5.41, 5.74) is -0.0264. The molecule has 20 heavy (non-hydrogen) atoms. The fourth-order valence-electron chi connectivity index (χ4n) is 2.53. The molecule has 0 spiro atoms. The predicted molar refractivity (Wildman–Crippen MR) is 72.9 cm³/mol. The number of hydrogen-bond donors (Lipinski definition) is 2. The van der Waals surface area contributed by atoms with Gasteiger partial charge >= 0.3 is 0 Å². The van der Waals surface area contributed by atoms with E-state index in [0.29, 0.717) is 0 Å². The van der Waals surface area contributed by atoms with E-state index in [0.717, 1.165) is 25.3 Å². The molecule has 1 aromatic rings. The zero-order valence-corrected chi connectivity index (χ0v) is 11.9. The number of carbonyl (C=O) groups excluding carboxylic acids is 1. The number of primary sulfonamides is 1. The average molecular weight is 300 g/mol. The predicted octanol–water partition coefficient (Wildman–Crippen LogP) is 1.85. The first-order valence-corrected chi connectivity index (χ1v) is 7.97. The molecule has 0 aliphatic heterocycles. The van der Waals surface area contributed by atoms with Crippen LogP contribution >= 0.6 is 0 Å². The maximum Gasteiger partial charge on any atom is 0.238 e. The third-order valence-electron chi connectivity index (χ3n) is 3.73. The average Bonchev–Trinajstić information content (AvgIpc) is 2.76. The molecule has 0 saturated heterocycles. The molecule has 1 amide bonds. The number of carbonyl (C=O) groups is 1. The van der Waals surface area contributed by atoms with Gasteiger partial charge in [-0.1, -0.05) is 13.3 Å². The van der Waals surface area contributed by atoms with Crippen LogP contribution in [-0.2, 0) is 14.8 Å². The molecule has 3 N–H and O–H groups in total. The summed E-state index contributed by atoms with van der Waals surface area (Å²) in [5, 5.41) is 7.42. The summed E-state index contributed by atoms with van der Waals surface area (Å²) in [5.74, 6) is -0.873. The normalized spacial score (nSPS) is 22.8. The van der Waals surface area contributed by atoms with E-state index < -0.39 is 15.8 Å². The maximum atomic E-state index is 13.8. The summed E-state index contributed by atoms with van der Waals surface area (Å²) >= 11 is 0. The molecule has 0 bridgehead atoms. The number of rotatable bonds is 3. The Labute approximate surface area is 117 Å². The van der Waals surface area contributed by atoms with Gasteiger partial charge in [-0.2, -0.15) is 0 Å². The van der Waals surface area contributed by atoms with Gasteiger partial charge in [0.1, 0.15) is 5.82 Å². The molecule has 0 radical (unpaired) electrons. The van der Waals surface area contributed by atoms with E-state index in [4.69, 9.17) is 5.14 Å². The Balaban J connectivity index is 2.16. The summed E-state index contributed by atoms with van der Waals surface area (Å²) in [6, 6.07) is 3.20. The van der Waals surface area contributed by atoms with Crippen molar-refractivity contribution in [1.82, 2.24) is 0 Å². The third kappa shape index (κ3) is 3.16. The third-order valence-corrected chi connectivity index (χ3v) is 4.64. The lowest BCUT2D eigenvalue weighted by atomic mass is 9.97. The molecule has 0 heterocycles. The Morgan fingerprint density at radius 1 is 1.40 bits per heavy atom. The Kier molecular flexibility index (Phi) is 4.10. The highest BCUT2D eigenvalue weighted by Gasteiger charge is 2.30. The van der Waals surface area contributed by atoms with Crippen LogP contribution in [0.5, 0.6) is 0 Å². The maximum absolute atomic E-state index is 13.8. The lowest BCUT2D eigenvalue weighted by Crippen LogP contribution is -2.25. The molecule has 0 aromatic heterocycles. The molecule has 110 valence electrons. The highest BCUT2D eigenvalue weighted by atomic mass is 32.2. The Hall–Kier alpha value is -1.47. The Morgan fingerprint density at radius 3 is 2.60 bits per heavy atom. The largest absolute Gasteiger partial charge is 0.323 e. The number of amides is 1. The molecule has 1 fully saturated rings. The summed E-state index contributed by atoms with van der Waals surface area (Å²) in [4.78, 5) is 11.7. The van der Waals surface area contributed by atoms with Crippen LogP contribution in [0.25, 0.3) is 0 Å². The summed E-state index contributed by atoms with van der Waals surface area (Å²) in [6.07, 6.45) is 2.78. The smallest absolute Gasteiger partial charge is 0.238 e. The van der Waals surface area contributed by atoms with Crippen LogP contribution in [-0.4, -0.2) is 14.3 Å². The first-order chi connectivity index (χ1) is 9.29. The van der Waals surface area contributed by atoms with E-state index in [2.05, 4.69) is 5.32 Å². The lowest BCUT2D eigenvalue weighted by molar-refractivity contribution is -0.120. The van der Waals surface area contributed by atoms with Crippen LogP contribution in [0.2, 0.25) is 0 Å². The second-order valence-electron chi connectivity index (χ2n) is 5.19. The van der Waals surface area contributed by atoms with Crippen LogP contribution in [0.4, 0.5) is 10.1 Å². The monoisotopic (exact) mass is 300 g/mol. The van der Waals surface area contributed by atoms with E-state index >= 15 is 0 Å². The highest BCUT2D eigenvalue weighted by Crippen LogP contribution is 2.32. The van der Waals surface area contributed by atoms with E-state index in [-0.39, 0.29) is 28.3 Å². The van der Waals surface area contributed by atoms with Crippen LogP contribution in [0, 0.1) is 17.7 Å². The molecule has 2 unspecified atom stereocenters.